The van der Waals surface area contributed by atoms with Crippen molar-refractivity contribution in [3.63, 3.8) is 0 Å². The second-order valence-electron chi connectivity index (χ2n) is 9.27. The summed E-state index contributed by atoms with van der Waals surface area (Å²) in [4.78, 5) is 32.1. The van der Waals surface area contributed by atoms with Crippen molar-refractivity contribution in [1.82, 2.24) is 18.8 Å². The smallest absolute Gasteiger partial charge is 0.410 e. The lowest BCUT2D eigenvalue weighted by atomic mass is 9.97. The number of hydrogen-bond acceptors (Lipinski definition) is 7. The molecule has 0 radical (unpaired) electrons. The van der Waals surface area contributed by atoms with Crippen LogP contribution in [0.4, 0.5) is 10.5 Å². The number of cyclic esters (lactones) is 1. The first-order chi connectivity index (χ1) is 17.5. The molecular formula is C26H24ClN5O3S. The Morgan fingerprint density at radius 1 is 1.19 bits per heavy atom. The second kappa shape index (κ2) is 9.22. The Labute approximate surface area is 216 Å². The topological polar surface area (TPSA) is 89.4 Å². The van der Waals surface area contributed by atoms with Gasteiger partial charge in [-0.15, -0.1) is 0 Å². The highest BCUT2D eigenvalue weighted by atomic mass is 35.5. The van der Waals surface area contributed by atoms with Gasteiger partial charge in [-0.3, -0.25) is 9.36 Å². The van der Waals surface area contributed by atoms with E-state index in [0.29, 0.717) is 41.4 Å². The number of ether oxygens (including phenoxy) is 1. The molecule has 0 saturated carbocycles. The molecule has 2 aliphatic heterocycles. The van der Waals surface area contributed by atoms with Gasteiger partial charge >= 0.3 is 6.09 Å². The average molecular weight is 522 g/mol. The van der Waals surface area contributed by atoms with E-state index < -0.39 is 0 Å². The Hall–Kier alpha value is -3.43. The number of nitrogens with one attached hydrogen (secondary N) is 1. The van der Waals surface area contributed by atoms with Crippen molar-refractivity contribution in [2.45, 2.75) is 38.4 Å². The summed E-state index contributed by atoms with van der Waals surface area (Å²) in [6, 6.07) is 13.5. The number of amides is 1. The summed E-state index contributed by atoms with van der Waals surface area (Å²) in [7, 11) is 0. The normalized spacial score (nSPS) is 19.4. The van der Waals surface area contributed by atoms with Crippen molar-refractivity contribution in [3.05, 3.63) is 74.6 Å². The van der Waals surface area contributed by atoms with Crippen molar-refractivity contribution in [3.8, 4) is 11.3 Å². The molecule has 4 aromatic rings. The average Bonchev–Trinajstić information content (AvgIpc) is 3.53. The molecular weight excluding hydrogens is 498 g/mol. The van der Waals surface area contributed by atoms with Crippen molar-refractivity contribution in [2.75, 3.05) is 18.5 Å². The van der Waals surface area contributed by atoms with E-state index in [1.165, 1.54) is 11.5 Å². The van der Waals surface area contributed by atoms with E-state index in [2.05, 4.69) is 9.69 Å². The monoisotopic (exact) mass is 521 g/mol. The van der Waals surface area contributed by atoms with Gasteiger partial charge in [0.25, 0.3) is 5.56 Å². The van der Waals surface area contributed by atoms with Gasteiger partial charge in [-0.2, -0.15) is 4.37 Å². The molecule has 2 aliphatic rings. The number of halogens is 1. The van der Waals surface area contributed by atoms with Gasteiger partial charge in [-0.05, 0) is 67.2 Å². The number of rotatable bonds is 5. The van der Waals surface area contributed by atoms with Crippen LogP contribution in [0.15, 0.2) is 52.6 Å². The standard InChI is InChI=1S/C26H24ClN5O3S/c1-15-28-24-11-20(22-7-9-36-30-22)23(29-18-6-8-31-19(10-18)14-35-26(31)34)12-21(24)25(33)32(15)13-16-2-4-17(27)5-3-16/h2-5,7,9,11-12,18-19,29H,6,8,10,13-14H2,1H3/t18-,19-/m0/s1. The number of hydrogen-bond donors (Lipinski definition) is 1. The Kier molecular flexibility index (Phi) is 5.89. The predicted octanol–water partition coefficient (Wildman–Crippen LogP) is 4.93. The van der Waals surface area contributed by atoms with Crippen molar-refractivity contribution >= 4 is 45.8 Å². The van der Waals surface area contributed by atoms with Gasteiger partial charge in [-0.25, -0.2) is 9.78 Å². The molecule has 6 rings (SSSR count). The van der Waals surface area contributed by atoms with Crippen LogP contribution in [0.25, 0.3) is 22.2 Å². The molecule has 184 valence electrons. The van der Waals surface area contributed by atoms with E-state index in [1.54, 1.807) is 4.57 Å². The van der Waals surface area contributed by atoms with Crippen LogP contribution < -0.4 is 10.9 Å². The number of carbonyl (C=O) groups excluding carboxylic acids is 1. The minimum Gasteiger partial charge on any atom is -0.447 e. The van der Waals surface area contributed by atoms with Gasteiger partial charge in [0.1, 0.15) is 12.4 Å². The fraction of sp³-hybridized carbons (Fsp3) is 0.308. The molecule has 1 N–H and O–H groups in total. The quantitative estimate of drug-likeness (QED) is 0.401. The number of piperidine rings is 1. The molecule has 2 aromatic carbocycles. The maximum absolute atomic E-state index is 13.6. The number of nitrogens with zero attached hydrogens (tertiary/aromatic N) is 4. The van der Waals surface area contributed by atoms with E-state index in [4.69, 9.17) is 21.3 Å². The molecule has 0 spiro atoms. The second-order valence-corrected chi connectivity index (χ2v) is 10.4. The molecule has 36 heavy (non-hydrogen) atoms. The third kappa shape index (κ3) is 4.22. The Morgan fingerprint density at radius 2 is 2.03 bits per heavy atom. The third-order valence-electron chi connectivity index (χ3n) is 6.96. The summed E-state index contributed by atoms with van der Waals surface area (Å²) in [5, 5.41) is 6.80. The number of benzene rings is 2. The molecule has 1 amide bonds. The van der Waals surface area contributed by atoms with Gasteiger partial charge in [0.05, 0.1) is 29.2 Å². The fourth-order valence-electron chi connectivity index (χ4n) is 5.07. The zero-order valence-electron chi connectivity index (χ0n) is 19.6. The first-order valence-corrected chi connectivity index (χ1v) is 13.1. The zero-order valence-corrected chi connectivity index (χ0v) is 21.2. The molecule has 8 nitrogen and oxygen atoms in total. The van der Waals surface area contributed by atoms with E-state index in [0.717, 1.165) is 35.3 Å². The van der Waals surface area contributed by atoms with Crippen LogP contribution in [0.5, 0.6) is 0 Å². The van der Waals surface area contributed by atoms with Gasteiger partial charge in [-0.1, -0.05) is 23.7 Å². The lowest BCUT2D eigenvalue weighted by molar-refractivity contribution is 0.153. The van der Waals surface area contributed by atoms with Gasteiger partial charge in [0, 0.05) is 34.2 Å². The van der Waals surface area contributed by atoms with E-state index in [9.17, 15) is 9.59 Å². The number of carbonyl (C=O) groups is 1. The molecule has 0 bridgehead atoms. The SMILES string of the molecule is Cc1nc2cc(-c3ccsn3)c(N[C@H]3CCN4C(=O)OC[C@@H]4C3)cc2c(=O)n1Cc1ccc(Cl)cc1. The van der Waals surface area contributed by atoms with Gasteiger partial charge in [0.2, 0.25) is 0 Å². The van der Waals surface area contributed by atoms with E-state index in [-0.39, 0.29) is 23.7 Å². The highest BCUT2D eigenvalue weighted by Gasteiger charge is 2.38. The van der Waals surface area contributed by atoms with Crippen molar-refractivity contribution in [1.29, 1.82) is 0 Å². The van der Waals surface area contributed by atoms with E-state index >= 15 is 0 Å². The van der Waals surface area contributed by atoms with Crippen molar-refractivity contribution in [2.24, 2.45) is 0 Å². The van der Waals surface area contributed by atoms with Crippen LogP contribution >= 0.6 is 23.1 Å². The van der Waals surface area contributed by atoms with Crippen LogP contribution in [-0.4, -0.2) is 50.2 Å². The largest absolute Gasteiger partial charge is 0.447 e. The summed E-state index contributed by atoms with van der Waals surface area (Å²) < 4.78 is 11.5. The molecule has 0 unspecified atom stereocenters. The zero-order chi connectivity index (χ0) is 24.8. The lowest BCUT2D eigenvalue weighted by Crippen LogP contribution is -2.45. The lowest BCUT2D eigenvalue weighted by Gasteiger charge is -2.33. The minimum atomic E-state index is -0.227. The van der Waals surface area contributed by atoms with E-state index in [1.807, 2.05) is 59.7 Å². The summed E-state index contributed by atoms with van der Waals surface area (Å²) in [5.74, 6) is 0.644. The van der Waals surface area contributed by atoms with Crippen LogP contribution in [0.3, 0.4) is 0 Å². The Balaban J connectivity index is 1.39. The van der Waals surface area contributed by atoms with Crippen molar-refractivity contribution < 1.29 is 9.53 Å². The molecule has 2 atom stereocenters. The molecule has 4 heterocycles. The predicted molar refractivity (Wildman–Crippen MR) is 141 cm³/mol. The molecule has 2 aromatic heterocycles. The number of aryl methyl sites for hydroxylation is 1. The highest BCUT2D eigenvalue weighted by Crippen LogP contribution is 2.34. The van der Waals surface area contributed by atoms with Gasteiger partial charge < -0.3 is 15.0 Å². The third-order valence-corrected chi connectivity index (χ3v) is 7.77. The maximum atomic E-state index is 13.6. The minimum absolute atomic E-state index is 0.0767. The molecule has 2 fully saturated rings. The summed E-state index contributed by atoms with van der Waals surface area (Å²) in [6.07, 6.45) is 1.36. The molecule has 10 heteroatoms. The maximum Gasteiger partial charge on any atom is 0.410 e. The summed E-state index contributed by atoms with van der Waals surface area (Å²) in [6.45, 7) is 3.33. The Bertz CT molecular complexity index is 1500. The van der Waals surface area contributed by atoms with Crippen LogP contribution in [-0.2, 0) is 11.3 Å². The first-order valence-electron chi connectivity index (χ1n) is 11.9. The Morgan fingerprint density at radius 3 is 2.81 bits per heavy atom. The van der Waals surface area contributed by atoms with Gasteiger partial charge in [0.15, 0.2) is 0 Å². The first kappa shape index (κ1) is 23.0. The summed E-state index contributed by atoms with van der Waals surface area (Å²) >= 11 is 7.41. The number of aromatic nitrogens is 3. The molecule has 2 saturated heterocycles. The van der Waals surface area contributed by atoms with Crippen LogP contribution in [0.2, 0.25) is 5.02 Å². The fourth-order valence-corrected chi connectivity index (χ4v) is 5.72. The van der Waals surface area contributed by atoms with Crippen LogP contribution in [0, 0.1) is 6.92 Å². The number of anilines is 1. The highest BCUT2D eigenvalue weighted by molar-refractivity contribution is 7.03. The van der Waals surface area contributed by atoms with Crippen LogP contribution in [0.1, 0.15) is 24.2 Å². The summed E-state index contributed by atoms with van der Waals surface area (Å²) in [5.41, 5.74) is 4.12. The number of fused-ring (bicyclic) bond motifs is 2. The molecule has 0 aliphatic carbocycles.